The summed E-state index contributed by atoms with van der Waals surface area (Å²) in [6, 6.07) is 92.4. The average Bonchev–Trinajstić information content (AvgIpc) is 3.87. The number of para-hydroxylation sites is 2. The third kappa shape index (κ3) is 5.17. The van der Waals surface area contributed by atoms with Crippen molar-refractivity contribution in [2.75, 3.05) is 4.90 Å². The highest BCUT2D eigenvalue weighted by Gasteiger charge is 2.53. The van der Waals surface area contributed by atoms with Crippen molar-refractivity contribution in [2.45, 2.75) is 20.6 Å². The van der Waals surface area contributed by atoms with Crippen molar-refractivity contribution in [1.82, 2.24) is 0 Å². The molecule has 11 aromatic carbocycles. The van der Waals surface area contributed by atoms with Crippen LogP contribution in [0.4, 0.5) is 17.1 Å². The Labute approximate surface area is 405 Å². The summed E-state index contributed by atoms with van der Waals surface area (Å²) in [6.45, 7) is 0. The molecule has 15 rings (SSSR count). The molecule has 0 amide bonds. The van der Waals surface area contributed by atoms with Gasteiger partial charge in [0.15, 0.2) is 0 Å². The van der Waals surface area contributed by atoms with Gasteiger partial charge >= 0.3 is 0 Å². The molecule has 0 aromatic heterocycles. The molecule has 2 spiro atoms. The highest BCUT2D eigenvalue weighted by Crippen LogP contribution is 2.66. The number of ether oxygens (including phenoxy) is 1. The lowest BCUT2D eigenvalue weighted by molar-refractivity contribution is 0.436. The maximum atomic E-state index is 6.69. The Bertz CT molecular complexity index is 3850. The van der Waals surface area contributed by atoms with Crippen LogP contribution in [0.25, 0.3) is 44.2 Å². The zero-order chi connectivity index (χ0) is 45.3. The Hall–Kier alpha value is -8.37. The SMILES string of the molecule is c1ccc2c(c1)Oc1ccccc1C21c2ccccc2-c2cc(N(c3ccc(-c4cccc5ccccc45)cc3)c3cccc4c3-c3ccccc3C43c4ccccc4Sc4ccccc43)ccc21. The molecule has 0 fully saturated rings. The van der Waals surface area contributed by atoms with E-state index in [-0.39, 0.29) is 0 Å². The van der Waals surface area contributed by atoms with Crippen molar-refractivity contribution in [2.24, 2.45) is 0 Å². The standard InChI is InChI=1S/C66H41NOS/c1-2-19-46-42(17-1)18-15-22-47(46)43-35-37-44(38-36-43)67(45-39-40-53-50(41-45)48-20-3-5-23-51(48)65(53)54-25-7-11-31-60(54)68-61-32-12-8-26-55(61)65)59-30-16-29-58-64(59)49-21-4-6-24-52(49)66(58)56-27-9-13-33-62(56)69-63-34-14-10-28-57(63)66/h1-41H. The zero-order valence-electron chi connectivity index (χ0n) is 37.4. The minimum absolute atomic E-state index is 0.503. The normalized spacial score (nSPS) is 14.4. The van der Waals surface area contributed by atoms with Gasteiger partial charge in [0.25, 0.3) is 0 Å². The van der Waals surface area contributed by atoms with Gasteiger partial charge in [-0.05, 0) is 127 Å². The lowest BCUT2D eigenvalue weighted by Gasteiger charge is -2.40. The second-order valence-electron chi connectivity index (χ2n) is 18.6. The van der Waals surface area contributed by atoms with Gasteiger partial charge in [-0.25, -0.2) is 0 Å². The molecule has 0 bridgehead atoms. The molecule has 2 aliphatic heterocycles. The molecule has 0 atom stereocenters. The molecule has 0 saturated carbocycles. The average molecular weight is 896 g/mol. The second kappa shape index (κ2) is 14.6. The summed E-state index contributed by atoms with van der Waals surface area (Å²) in [6.07, 6.45) is 0. The maximum Gasteiger partial charge on any atom is 0.132 e. The van der Waals surface area contributed by atoms with Crippen LogP contribution in [0.3, 0.4) is 0 Å². The fourth-order valence-electron chi connectivity index (χ4n) is 12.8. The Morgan fingerprint density at radius 2 is 0.826 bits per heavy atom. The van der Waals surface area contributed by atoms with E-state index < -0.39 is 10.8 Å². The molecule has 2 nitrogen and oxygen atoms in total. The number of fused-ring (bicyclic) bond motifs is 19. The van der Waals surface area contributed by atoms with Crippen LogP contribution in [0.15, 0.2) is 259 Å². The summed E-state index contributed by atoms with van der Waals surface area (Å²) in [4.78, 5) is 5.12. The molecule has 322 valence electrons. The van der Waals surface area contributed by atoms with Gasteiger partial charge in [0.2, 0.25) is 0 Å². The molecule has 0 radical (unpaired) electrons. The smallest absolute Gasteiger partial charge is 0.132 e. The van der Waals surface area contributed by atoms with Crippen LogP contribution in [0.5, 0.6) is 11.5 Å². The van der Waals surface area contributed by atoms with Crippen LogP contribution in [0.1, 0.15) is 44.5 Å². The molecule has 11 aromatic rings. The van der Waals surface area contributed by atoms with Crippen LogP contribution < -0.4 is 9.64 Å². The number of nitrogens with zero attached hydrogens (tertiary/aromatic N) is 1. The molecule has 0 N–H and O–H groups in total. The highest BCUT2D eigenvalue weighted by atomic mass is 32.2. The zero-order valence-corrected chi connectivity index (χ0v) is 38.3. The fourth-order valence-corrected chi connectivity index (χ4v) is 13.9. The monoisotopic (exact) mass is 895 g/mol. The molecule has 0 unspecified atom stereocenters. The summed E-state index contributed by atoms with van der Waals surface area (Å²) in [5.74, 6) is 1.79. The van der Waals surface area contributed by atoms with Crippen molar-refractivity contribution < 1.29 is 4.74 Å². The van der Waals surface area contributed by atoms with Crippen LogP contribution in [0, 0.1) is 0 Å². The molecule has 69 heavy (non-hydrogen) atoms. The van der Waals surface area contributed by atoms with E-state index in [1.807, 2.05) is 11.8 Å². The highest BCUT2D eigenvalue weighted by molar-refractivity contribution is 7.99. The van der Waals surface area contributed by atoms with Crippen molar-refractivity contribution in [3.63, 3.8) is 0 Å². The van der Waals surface area contributed by atoms with Crippen molar-refractivity contribution >= 4 is 39.6 Å². The lowest BCUT2D eigenvalue weighted by atomic mass is 9.66. The second-order valence-corrected chi connectivity index (χ2v) is 19.7. The summed E-state index contributed by atoms with van der Waals surface area (Å²) in [5.41, 5.74) is 19.8. The summed E-state index contributed by atoms with van der Waals surface area (Å²) >= 11 is 1.89. The Kier molecular flexibility index (Phi) is 8.17. The molecular formula is C66H41NOS. The predicted molar refractivity (Wildman–Crippen MR) is 283 cm³/mol. The van der Waals surface area contributed by atoms with Crippen LogP contribution in [-0.4, -0.2) is 0 Å². The number of anilines is 3. The van der Waals surface area contributed by atoms with E-state index in [9.17, 15) is 0 Å². The third-order valence-electron chi connectivity index (χ3n) is 15.4. The quantitative estimate of drug-likeness (QED) is 0.175. The molecule has 3 heteroatoms. The first kappa shape index (κ1) is 38.7. The topological polar surface area (TPSA) is 12.5 Å². The van der Waals surface area contributed by atoms with Gasteiger partial charge in [-0.1, -0.05) is 206 Å². The van der Waals surface area contributed by atoms with E-state index in [4.69, 9.17) is 4.74 Å². The Morgan fingerprint density at radius 3 is 1.55 bits per heavy atom. The number of hydrogen-bond donors (Lipinski definition) is 0. The largest absolute Gasteiger partial charge is 0.457 e. The summed E-state index contributed by atoms with van der Waals surface area (Å²) < 4.78 is 6.69. The fraction of sp³-hybridized carbons (Fsp3) is 0.0303. The molecular weight excluding hydrogens is 855 g/mol. The minimum Gasteiger partial charge on any atom is -0.457 e. The van der Waals surface area contributed by atoms with E-state index >= 15 is 0 Å². The van der Waals surface area contributed by atoms with Crippen LogP contribution in [0.2, 0.25) is 0 Å². The third-order valence-corrected chi connectivity index (χ3v) is 16.6. The first-order valence-electron chi connectivity index (χ1n) is 23.8. The van der Waals surface area contributed by atoms with Crippen molar-refractivity contribution in [1.29, 1.82) is 0 Å². The van der Waals surface area contributed by atoms with E-state index in [0.29, 0.717) is 0 Å². The summed E-state index contributed by atoms with van der Waals surface area (Å²) in [5, 5.41) is 2.49. The first-order valence-corrected chi connectivity index (χ1v) is 24.6. The van der Waals surface area contributed by atoms with Crippen molar-refractivity contribution in [3.8, 4) is 44.9 Å². The van der Waals surface area contributed by atoms with E-state index in [1.165, 1.54) is 87.3 Å². The van der Waals surface area contributed by atoms with Gasteiger partial charge in [0.1, 0.15) is 11.5 Å². The Morgan fingerprint density at radius 1 is 0.333 bits per heavy atom. The van der Waals surface area contributed by atoms with Crippen LogP contribution >= 0.6 is 11.8 Å². The van der Waals surface area contributed by atoms with E-state index in [2.05, 4.69) is 254 Å². The molecule has 2 aliphatic carbocycles. The number of rotatable bonds is 4. The molecule has 0 saturated heterocycles. The van der Waals surface area contributed by atoms with Gasteiger partial charge in [0, 0.05) is 37.9 Å². The lowest BCUT2D eigenvalue weighted by Crippen LogP contribution is -2.32. The van der Waals surface area contributed by atoms with Gasteiger partial charge < -0.3 is 9.64 Å². The van der Waals surface area contributed by atoms with E-state index in [0.717, 1.165) is 39.7 Å². The van der Waals surface area contributed by atoms with Crippen LogP contribution in [-0.2, 0) is 10.8 Å². The van der Waals surface area contributed by atoms with Gasteiger partial charge in [-0.3, -0.25) is 0 Å². The predicted octanol–water partition coefficient (Wildman–Crippen LogP) is 17.3. The minimum atomic E-state index is -0.556. The molecule has 4 aliphatic rings. The van der Waals surface area contributed by atoms with Crippen molar-refractivity contribution in [3.05, 3.63) is 293 Å². The number of hydrogen-bond acceptors (Lipinski definition) is 3. The first-order chi connectivity index (χ1) is 34.2. The Balaban J connectivity index is 1.00. The van der Waals surface area contributed by atoms with Gasteiger partial charge in [-0.15, -0.1) is 0 Å². The van der Waals surface area contributed by atoms with Gasteiger partial charge in [0.05, 0.1) is 16.5 Å². The summed E-state index contributed by atoms with van der Waals surface area (Å²) in [7, 11) is 0. The van der Waals surface area contributed by atoms with Gasteiger partial charge in [-0.2, -0.15) is 0 Å². The number of benzene rings is 11. The molecule has 2 heterocycles. The van der Waals surface area contributed by atoms with E-state index in [1.54, 1.807) is 0 Å². The maximum absolute atomic E-state index is 6.69.